The molecule has 0 aliphatic heterocycles. The summed E-state index contributed by atoms with van der Waals surface area (Å²) < 4.78 is 1.34. The van der Waals surface area contributed by atoms with Crippen LogP contribution in [-0.2, 0) is 0 Å². The second-order valence-electron chi connectivity index (χ2n) is 10.7. The molecule has 0 aromatic heterocycles. The first-order valence-corrected chi connectivity index (χ1v) is 17.7. The predicted molar refractivity (Wildman–Crippen MR) is 167 cm³/mol. The van der Waals surface area contributed by atoms with Crippen LogP contribution in [0.1, 0.15) is 186 Å². The molecular weight excluding hydrogens is 531 g/mol. The molecule has 0 radical (unpaired) electrons. The first-order valence-electron chi connectivity index (χ1n) is 15.6. The molecule has 0 aromatic carbocycles. The average Bonchev–Trinajstić information content (AvgIpc) is 2.83. The Balaban J connectivity index is 2.99. The maximum atomic E-state index is 4.28. The van der Waals surface area contributed by atoms with Crippen LogP contribution >= 0.6 is 35.2 Å². The van der Waals surface area contributed by atoms with Gasteiger partial charge in [-0.2, -0.15) is 12.6 Å². The Morgan fingerprint density at radius 3 is 0.545 bits per heavy atom. The highest BCUT2D eigenvalue weighted by Gasteiger charge is 1.96. The maximum absolute atomic E-state index is 4.28. The van der Waals surface area contributed by atoms with Crippen LogP contribution in [0.5, 0.6) is 0 Å². The minimum atomic E-state index is 1.07. The lowest BCUT2D eigenvalue weighted by molar-refractivity contribution is 0.514. The molecule has 0 aliphatic carbocycles. The quantitative estimate of drug-likeness (QED) is 0.0364. The molecule has 0 unspecified atom stereocenters. The van der Waals surface area contributed by atoms with Crippen molar-refractivity contribution in [2.45, 2.75) is 186 Å². The second kappa shape index (κ2) is 33.1. The molecule has 200 valence electrons. The maximum Gasteiger partial charge on any atom is -0.000473 e. The van der Waals surface area contributed by atoms with E-state index in [0.717, 1.165) is 5.75 Å². The van der Waals surface area contributed by atoms with E-state index in [2.05, 4.69) is 35.2 Å². The van der Waals surface area contributed by atoms with Crippen molar-refractivity contribution >= 4 is 35.2 Å². The standard InChI is InChI=1S/C31H63IS/c32-30-28-26-24-22-20-18-16-14-12-10-8-6-4-2-1-3-5-7-9-11-13-15-17-19-21-23-25-27-29-31-33/h33H,1-31H2. The van der Waals surface area contributed by atoms with Gasteiger partial charge in [0.25, 0.3) is 0 Å². The minimum Gasteiger partial charge on any atom is -0.179 e. The number of thiol groups is 1. The smallest absolute Gasteiger partial charge is 0.000473 e. The Morgan fingerprint density at radius 2 is 0.394 bits per heavy atom. The fraction of sp³-hybridized carbons (Fsp3) is 1.00. The van der Waals surface area contributed by atoms with E-state index < -0.39 is 0 Å². The minimum absolute atomic E-state index is 1.07. The lowest BCUT2D eigenvalue weighted by Gasteiger charge is -2.04. The van der Waals surface area contributed by atoms with E-state index in [9.17, 15) is 0 Å². The van der Waals surface area contributed by atoms with E-state index in [1.165, 1.54) is 191 Å². The zero-order chi connectivity index (χ0) is 23.9. The normalized spacial score (nSPS) is 11.5. The van der Waals surface area contributed by atoms with Crippen molar-refractivity contribution in [1.29, 1.82) is 0 Å². The van der Waals surface area contributed by atoms with Gasteiger partial charge in [0, 0.05) is 0 Å². The molecule has 0 atom stereocenters. The van der Waals surface area contributed by atoms with Gasteiger partial charge in [-0.1, -0.05) is 196 Å². The van der Waals surface area contributed by atoms with Crippen molar-refractivity contribution in [1.82, 2.24) is 0 Å². The number of halogens is 1. The van der Waals surface area contributed by atoms with Gasteiger partial charge >= 0.3 is 0 Å². The highest BCUT2D eigenvalue weighted by atomic mass is 127. The summed E-state index contributed by atoms with van der Waals surface area (Å²) in [7, 11) is 0. The molecule has 0 fully saturated rings. The van der Waals surface area contributed by atoms with E-state index in [1.54, 1.807) is 0 Å². The van der Waals surface area contributed by atoms with Crippen molar-refractivity contribution in [3.05, 3.63) is 0 Å². The summed E-state index contributed by atoms with van der Waals surface area (Å²) in [6, 6.07) is 0. The molecule has 0 amide bonds. The van der Waals surface area contributed by atoms with Gasteiger partial charge in [-0.3, -0.25) is 0 Å². The Kier molecular flexibility index (Phi) is 34.2. The highest BCUT2D eigenvalue weighted by molar-refractivity contribution is 14.1. The Bertz CT molecular complexity index is 290. The highest BCUT2D eigenvalue weighted by Crippen LogP contribution is 2.16. The van der Waals surface area contributed by atoms with Crippen LogP contribution < -0.4 is 0 Å². The number of rotatable bonds is 30. The largest absolute Gasteiger partial charge is 0.179 e. The summed E-state index contributed by atoms with van der Waals surface area (Å²) in [5.74, 6) is 1.07. The number of hydrogen-bond donors (Lipinski definition) is 1. The molecule has 0 saturated carbocycles. The molecule has 0 aromatic rings. The summed E-state index contributed by atoms with van der Waals surface area (Å²) in [5, 5.41) is 0. The van der Waals surface area contributed by atoms with Crippen molar-refractivity contribution in [2.75, 3.05) is 10.2 Å². The zero-order valence-electron chi connectivity index (χ0n) is 22.7. The van der Waals surface area contributed by atoms with Gasteiger partial charge in [-0.15, -0.1) is 0 Å². The summed E-state index contributed by atoms with van der Waals surface area (Å²) in [6.45, 7) is 0. The summed E-state index contributed by atoms with van der Waals surface area (Å²) in [6.07, 6.45) is 42.6. The average molecular weight is 595 g/mol. The molecule has 0 saturated heterocycles. The monoisotopic (exact) mass is 594 g/mol. The first-order chi connectivity index (χ1) is 16.4. The fourth-order valence-corrected chi connectivity index (χ4v) is 5.74. The van der Waals surface area contributed by atoms with Gasteiger partial charge in [-0.25, -0.2) is 0 Å². The number of alkyl halides is 1. The Labute approximate surface area is 230 Å². The molecule has 0 N–H and O–H groups in total. The van der Waals surface area contributed by atoms with E-state index in [-0.39, 0.29) is 0 Å². The van der Waals surface area contributed by atoms with E-state index in [1.807, 2.05) is 0 Å². The van der Waals surface area contributed by atoms with Gasteiger partial charge in [0.2, 0.25) is 0 Å². The molecule has 0 aliphatic rings. The first kappa shape index (κ1) is 34.1. The lowest BCUT2D eigenvalue weighted by atomic mass is 10.0. The van der Waals surface area contributed by atoms with E-state index >= 15 is 0 Å². The topological polar surface area (TPSA) is 0 Å². The van der Waals surface area contributed by atoms with Crippen LogP contribution in [0.25, 0.3) is 0 Å². The van der Waals surface area contributed by atoms with Crippen LogP contribution in [0.4, 0.5) is 0 Å². The van der Waals surface area contributed by atoms with E-state index in [4.69, 9.17) is 0 Å². The van der Waals surface area contributed by atoms with Crippen molar-refractivity contribution in [3.63, 3.8) is 0 Å². The van der Waals surface area contributed by atoms with Crippen molar-refractivity contribution in [3.8, 4) is 0 Å². The fourth-order valence-electron chi connectivity index (χ4n) is 4.98. The summed E-state index contributed by atoms with van der Waals surface area (Å²) in [5.41, 5.74) is 0. The molecule has 2 heteroatoms. The van der Waals surface area contributed by atoms with Gasteiger partial charge in [0.15, 0.2) is 0 Å². The Morgan fingerprint density at radius 1 is 0.242 bits per heavy atom. The van der Waals surface area contributed by atoms with Gasteiger partial charge in [0.05, 0.1) is 0 Å². The molecular formula is C31H63IS. The predicted octanol–water partition coefficient (Wildman–Crippen LogP) is 12.7. The van der Waals surface area contributed by atoms with Gasteiger partial charge < -0.3 is 0 Å². The number of unbranched alkanes of at least 4 members (excludes halogenated alkanes) is 28. The Hall–Kier alpha value is 1.08. The lowest BCUT2D eigenvalue weighted by Crippen LogP contribution is -1.85. The zero-order valence-corrected chi connectivity index (χ0v) is 25.8. The van der Waals surface area contributed by atoms with E-state index in [0.29, 0.717) is 0 Å². The van der Waals surface area contributed by atoms with Gasteiger partial charge in [0.1, 0.15) is 0 Å². The van der Waals surface area contributed by atoms with Crippen LogP contribution in [0.3, 0.4) is 0 Å². The van der Waals surface area contributed by atoms with Crippen LogP contribution in [0, 0.1) is 0 Å². The van der Waals surface area contributed by atoms with Gasteiger partial charge in [-0.05, 0) is 23.0 Å². The van der Waals surface area contributed by atoms with Crippen LogP contribution in [0.2, 0.25) is 0 Å². The summed E-state index contributed by atoms with van der Waals surface area (Å²) in [4.78, 5) is 0. The van der Waals surface area contributed by atoms with Crippen molar-refractivity contribution < 1.29 is 0 Å². The third-order valence-electron chi connectivity index (χ3n) is 7.29. The third-order valence-corrected chi connectivity index (χ3v) is 8.37. The van der Waals surface area contributed by atoms with Crippen molar-refractivity contribution in [2.24, 2.45) is 0 Å². The summed E-state index contributed by atoms with van der Waals surface area (Å²) >= 11 is 6.78. The van der Waals surface area contributed by atoms with Crippen LogP contribution in [0.15, 0.2) is 0 Å². The molecule has 0 bridgehead atoms. The second-order valence-corrected chi connectivity index (χ2v) is 12.2. The molecule has 0 spiro atoms. The molecule has 0 rings (SSSR count). The molecule has 0 heterocycles. The number of hydrogen-bond acceptors (Lipinski definition) is 1. The molecule has 0 nitrogen and oxygen atoms in total. The SMILES string of the molecule is SCCCCCCCCCCCCCCCCCCCCCCCCCCCCCCCI. The molecule has 33 heavy (non-hydrogen) atoms. The third kappa shape index (κ3) is 33.1. The van der Waals surface area contributed by atoms with Crippen LogP contribution in [-0.4, -0.2) is 10.2 Å².